The van der Waals surface area contributed by atoms with Crippen LogP contribution in [-0.2, 0) is 19.1 Å². The van der Waals surface area contributed by atoms with Gasteiger partial charge in [0.05, 0.1) is 20.0 Å². The zero-order chi connectivity index (χ0) is 26.1. The van der Waals surface area contributed by atoms with Crippen LogP contribution in [0.2, 0.25) is 0 Å². The summed E-state index contributed by atoms with van der Waals surface area (Å²) in [5.74, 6) is 4.42. The van der Waals surface area contributed by atoms with Crippen molar-refractivity contribution in [1.82, 2.24) is 0 Å². The number of methoxy groups -OCH3 is 1. The summed E-state index contributed by atoms with van der Waals surface area (Å²) >= 11 is 0. The highest BCUT2D eigenvalue weighted by atomic mass is 16.5. The molecule has 4 aliphatic carbocycles. The quantitative estimate of drug-likeness (QED) is 0.238. The first kappa shape index (κ1) is 27.7. The van der Waals surface area contributed by atoms with E-state index >= 15 is 0 Å². The Bertz CT molecular complexity index is 830. The molecule has 4 rings (SSSR count). The molecule has 0 bridgehead atoms. The lowest BCUT2D eigenvalue weighted by atomic mass is 9.47. The van der Waals surface area contributed by atoms with E-state index in [4.69, 9.17) is 4.74 Å². The molecule has 0 amide bonds. The maximum atomic E-state index is 12.3. The van der Waals surface area contributed by atoms with Gasteiger partial charge < -0.3 is 9.47 Å². The van der Waals surface area contributed by atoms with Crippen LogP contribution in [0.1, 0.15) is 118 Å². The number of ether oxygens (including phenoxy) is 2. The third-order valence-electron chi connectivity index (χ3n) is 11.3. The molecule has 0 aromatic heterocycles. The van der Waals surface area contributed by atoms with Gasteiger partial charge in [0.15, 0.2) is 0 Å². The van der Waals surface area contributed by atoms with Gasteiger partial charge in [0.2, 0.25) is 0 Å². The van der Waals surface area contributed by atoms with Gasteiger partial charge in [-0.2, -0.15) is 0 Å². The zero-order valence-electron chi connectivity index (χ0n) is 23.9. The lowest BCUT2D eigenvalue weighted by Crippen LogP contribution is -2.51. The molecule has 4 heteroatoms. The molecular formula is C32H52O4. The number of esters is 2. The molecule has 0 aromatic rings. The second-order valence-electron chi connectivity index (χ2n) is 13.7. The number of rotatable bonds is 9. The smallest absolute Gasteiger partial charge is 0.306 e. The van der Waals surface area contributed by atoms with Crippen molar-refractivity contribution in [3.63, 3.8) is 0 Å². The molecule has 4 nitrogen and oxygen atoms in total. The third-order valence-corrected chi connectivity index (χ3v) is 11.3. The Morgan fingerprint density at radius 1 is 0.972 bits per heavy atom. The van der Waals surface area contributed by atoms with E-state index in [-0.39, 0.29) is 36.3 Å². The largest absolute Gasteiger partial charge is 0.469 e. The van der Waals surface area contributed by atoms with Crippen LogP contribution in [0.5, 0.6) is 0 Å². The molecule has 0 unspecified atom stereocenters. The molecule has 36 heavy (non-hydrogen) atoms. The zero-order valence-corrected chi connectivity index (χ0v) is 23.9. The number of carbonyl (C=O) groups excluding carboxylic acids is 2. The fourth-order valence-corrected chi connectivity index (χ4v) is 9.30. The van der Waals surface area contributed by atoms with Crippen LogP contribution in [0.15, 0.2) is 11.6 Å². The molecule has 8 atom stereocenters. The van der Waals surface area contributed by atoms with Gasteiger partial charge in [-0.25, -0.2) is 0 Å². The summed E-state index contributed by atoms with van der Waals surface area (Å²) in [6, 6.07) is 0. The van der Waals surface area contributed by atoms with Gasteiger partial charge in [-0.05, 0) is 91.3 Å². The Balaban J connectivity index is 1.38. The monoisotopic (exact) mass is 500 g/mol. The number of hydrogen-bond acceptors (Lipinski definition) is 4. The highest BCUT2D eigenvalue weighted by Crippen LogP contribution is 2.67. The molecule has 0 heterocycles. The molecule has 3 saturated carbocycles. The first-order valence-electron chi connectivity index (χ1n) is 15.0. The molecular weight excluding hydrogens is 448 g/mol. The number of carbonyl (C=O) groups is 2. The molecule has 204 valence electrons. The summed E-state index contributed by atoms with van der Waals surface area (Å²) in [6.07, 6.45) is 16.7. The summed E-state index contributed by atoms with van der Waals surface area (Å²) in [7, 11) is 1.35. The maximum absolute atomic E-state index is 12.3. The topological polar surface area (TPSA) is 52.6 Å². The Morgan fingerprint density at radius 3 is 2.44 bits per heavy atom. The minimum Gasteiger partial charge on any atom is -0.469 e. The van der Waals surface area contributed by atoms with E-state index < -0.39 is 0 Å². The lowest BCUT2D eigenvalue weighted by Gasteiger charge is -2.58. The average Bonchev–Trinajstić information content (AvgIpc) is 3.19. The normalized spacial score (nSPS) is 38.4. The third kappa shape index (κ3) is 5.44. The molecule has 0 N–H and O–H groups in total. The predicted octanol–water partition coefficient (Wildman–Crippen LogP) is 7.89. The van der Waals surface area contributed by atoms with E-state index in [9.17, 15) is 9.59 Å². The predicted molar refractivity (Wildman–Crippen MR) is 144 cm³/mol. The first-order valence-corrected chi connectivity index (χ1v) is 15.0. The van der Waals surface area contributed by atoms with Crippen molar-refractivity contribution in [3.05, 3.63) is 11.6 Å². The van der Waals surface area contributed by atoms with Gasteiger partial charge in [-0.15, -0.1) is 0 Å². The second-order valence-corrected chi connectivity index (χ2v) is 13.7. The van der Waals surface area contributed by atoms with Crippen LogP contribution >= 0.6 is 0 Å². The maximum Gasteiger partial charge on any atom is 0.306 e. The van der Waals surface area contributed by atoms with Crippen molar-refractivity contribution in [2.75, 3.05) is 7.11 Å². The lowest BCUT2D eigenvalue weighted by molar-refractivity contribution is -0.154. The van der Waals surface area contributed by atoms with Gasteiger partial charge >= 0.3 is 11.9 Å². The molecule has 0 spiro atoms. The Morgan fingerprint density at radius 2 is 1.72 bits per heavy atom. The van der Waals surface area contributed by atoms with Crippen LogP contribution in [0.3, 0.4) is 0 Å². The van der Waals surface area contributed by atoms with E-state index in [0.717, 1.165) is 54.8 Å². The highest BCUT2D eigenvalue weighted by molar-refractivity contribution is 5.77. The SMILES string of the molecule is COC(=O)CCC(=O)O[C@@H]1CC[C@@]2(C)C(=CC[C@H]3[C@@H]4CC[C@H]([C@@H](C)CCCC(C)C)[C@@]4(C)CC[C@@H]32)C1. The van der Waals surface area contributed by atoms with E-state index in [2.05, 4.69) is 45.4 Å². The Labute approximate surface area is 220 Å². The molecule has 0 aliphatic heterocycles. The molecule has 4 aliphatic rings. The van der Waals surface area contributed by atoms with Crippen LogP contribution in [0.25, 0.3) is 0 Å². The Hall–Kier alpha value is -1.32. The average molecular weight is 501 g/mol. The summed E-state index contributed by atoms with van der Waals surface area (Å²) in [5.41, 5.74) is 2.33. The van der Waals surface area contributed by atoms with Gasteiger partial charge in [0.25, 0.3) is 0 Å². The molecule has 3 fully saturated rings. The van der Waals surface area contributed by atoms with E-state index in [1.54, 1.807) is 5.57 Å². The minimum atomic E-state index is -0.354. The fraction of sp³-hybridized carbons (Fsp3) is 0.875. The van der Waals surface area contributed by atoms with Crippen LogP contribution in [0.4, 0.5) is 0 Å². The highest BCUT2D eigenvalue weighted by Gasteiger charge is 2.59. The summed E-state index contributed by atoms with van der Waals surface area (Å²) in [4.78, 5) is 23.7. The van der Waals surface area contributed by atoms with Crippen LogP contribution < -0.4 is 0 Å². The van der Waals surface area contributed by atoms with Crippen molar-refractivity contribution in [1.29, 1.82) is 0 Å². The van der Waals surface area contributed by atoms with Crippen LogP contribution in [0, 0.1) is 46.3 Å². The second kappa shape index (κ2) is 11.2. The minimum absolute atomic E-state index is 0.0394. The fourth-order valence-electron chi connectivity index (χ4n) is 9.30. The van der Waals surface area contributed by atoms with Crippen molar-refractivity contribution in [2.45, 2.75) is 124 Å². The van der Waals surface area contributed by atoms with Gasteiger partial charge in [0.1, 0.15) is 6.10 Å². The number of fused-ring (bicyclic) bond motifs is 5. The van der Waals surface area contributed by atoms with E-state index in [1.807, 2.05) is 0 Å². The van der Waals surface area contributed by atoms with Gasteiger partial charge in [-0.3, -0.25) is 9.59 Å². The van der Waals surface area contributed by atoms with Gasteiger partial charge in [-0.1, -0.05) is 65.5 Å². The van der Waals surface area contributed by atoms with Crippen LogP contribution in [-0.4, -0.2) is 25.2 Å². The van der Waals surface area contributed by atoms with Crippen molar-refractivity contribution in [3.8, 4) is 0 Å². The van der Waals surface area contributed by atoms with Crippen molar-refractivity contribution >= 4 is 11.9 Å². The van der Waals surface area contributed by atoms with E-state index in [0.29, 0.717) is 5.41 Å². The summed E-state index contributed by atoms with van der Waals surface area (Å²) < 4.78 is 10.5. The number of allylic oxidation sites excluding steroid dienone is 1. The molecule has 0 aromatic carbocycles. The number of hydrogen-bond donors (Lipinski definition) is 0. The first-order chi connectivity index (χ1) is 17.1. The molecule has 0 radical (unpaired) electrons. The summed E-state index contributed by atoms with van der Waals surface area (Å²) in [6.45, 7) is 12.4. The summed E-state index contributed by atoms with van der Waals surface area (Å²) in [5, 5.41) is 0. The standard InChI is InChI=1S/C32H52O4/c1-21(2)8-7-9-22(3)26-12-13-27-25-11-10-23-20-24(36-30(34)15-14-29(33)35-6)16-18-31(23,4)28(25)17-19-32(26,27)5/h10,21-22,24-28H,7-9,11-20H2,1-6H3/t22-,24+,25-,26+,27-,28-,31-,32+/m0/s1. The van der Waals surface area contributed by atoms with Crippen molar-refractivity contribution < 1.29 is 19.1 Å². The Kier molecular flexibility index (Phi) is 8.62. The van der Waals surface area contributed by atoms with Gasteiger partial charge in [0, 0.05) is 6.42 Å². The van der Waals surface area contributed by atoms with Crippen molar-refractivity contribution in [2.24, 2.45) is 46.3 Å². The molecule has 0 saturated heterocycles. The van der Waals surface area contributed by atoms with E-state index in [1.165, 1.54) is 58.5 Å².